The van der Waals surface area contributed by atoms with Crippen molar-refractivity contribution >= 4 is 27.8 Å². The van der Waals surface area contributed by atoms with Crippen molar-refractivity contribution in [3.8, 4) is 22.9 Å². The lowest BCUT2D eigenvalue weighted by atomic mass is 9.92. The van der Waals surface area contributed by atoms with Gasteiger partial charge in [0.15, 0.2) is 0 Å². The van der Waals surface area contributed by atoms with Gasteiger partial charge in [0.05, 0.1) is 32.1 Å². The van der Waals surface area contributed by atoms with Gasteiger partial charge in [-0.25, -0.2) is 9.48 Å². The first kappa shape index (κ1) is 34.3. The van der Waals surface area contributed by atoms with Crippen LogP contribution in [0.4, 0.5) is 10.6 Å². The number of benzene rings is 3. The van der Waals surface area contributed by atoms with Crippen molar-refractivity contribution in [2.24, 2.45) is 0 Å². The maximum absolute atomic E-state index is 13.4. The molecule has 10 nitrogen and oxygen atoms in total. The Morgan fingerprint density at radius 3 is 2.27 bits per heavy atom. The molecule has 0 unspecified atom stereocenters. The number of rotatable bonds is 11. The van der Waals surface area contributed by atoms with Crippen molar-refractivity contribution in [2.45, 2.75) is 52.8 Å². The first-order chi connectivity index (χ1) is 23.0. The highest BCUT2D eigenvalue weighted by Gasteiger charge is 2.22. The molecule has 2 heterocycles. The summed E-state index contributed by atoms with van der Waals surface area (Å²) in [7, 11) is 3.18. The number of halogens is 1. The van der Waals surface area contributed by atoms with Gasteiger partial charge in [-0.15, -0.1) is 0 Å². The molecule has 0 aliphatic carbocycles. The van der Waals surface area contributed by atoms with E-state index in [0.29, 0.717) is 34.1 Å². The van der Waals surface area contributed by atoms with Crippen LogP contribution in [0.25, 0.3) is 5.69 Å². The fraction of sp³-hybridized carbons (Fsp3) is 0.270. The van der Waals surface area contributed by atoms with Gasteiger partial charge >= 0.3 is 6.03 Å². The summed E-state index contributed by atoms with van der Waals surface area (Å²) in [4.78, 5) is 26.5. The Morgan fingerprint density at radius 1 is 0.875 bits per heavy atom. The summed E-state index contributed by atoms with van der Waals surface area (Å²) in [6.45, 7) is 8.89. The minimum Gasteiger partial charge on any atom is -0.497 e. The zero-order valence-corrected chi connectivity index (χ0v) is 29.6. The van der Waals surface area contributed by atoms with Gasteiger partial charge in [-0.05, 0) is 58.2 Å². The van der Waals surface area contributed by atoms with Crippen LogP contribution in [0.1, 0.15) is 48.8 Å². The number of methoxy groups -OCH3 is 2. The zero-order valence-electron chi connectivity index (χ0n) is 28.0. The molecule has 5 rings (SSSR count). The number of hydrogen-bond acceptors (Lipinski definition) is 6. The summed E-state index contributed by atoms with van der Waals surface area (Å²) < 4.78 is 20.7. The third-order valence-electron chi connectivity index (χ3n) is 7.90. The first-order valence-electron chi connectivity index (χ1n) is 15.5. The number of carbonyl (C=O) groups is 1. The van der Waals surface area contributed by atoms with E-state index in [0.717, 1.165) is 33.8 Å². The fourth-order valence-electron chi connectivity index (χ4n) is 5.13. The molecule has 3 aromatic carbocycles. The van der Waals surface area contributed by atoms with Gasteiger partial charge in [-0.2, -0.15) is 5.10 Å². The number of hydrogen-bond donors (Lipinski definition) is 2. The van der Waals surface area contributed by atoms with E-state index in [9.17, 15) is 9.59 Å². The molecule has 0 atom stereocenters. The second kappa shape index (κ2) is 14.8. The van der Waals surface area contributed by atoms with Crippen molar-refractivity contribution in [1.29, 1.82) is 0 Å². The van der Waals surface area contributed by atoms with Gasteiger partial charge in [0.1, 0.15) is 34.1 Å². The maximum Gasteiger partial charge on any atom is 0.320 e. The molecule has 250 valence electrons. The first-order valence-corrected chi connectivity index (χ1v) is 16.3. The quantitative estimate of drug-likeness (QED) is 0.148. The third-order valence-corrected chi connectivity index (χ3v) is 8.63. The Balaban J connectivity index is 1.27. The molecule has 0 saturated heterocycles. The molecule has 5 aromatic rings. The summed E-state index contributed by atoms with van der Waals surface area (Å²) in [5.74, 6) is 2.30. The number of nitrogens with one attached hydrogen (secondary N) is 2. The minimum absolute atomic E-state index is 0.197. The second-order valence-electron chi connectivity index (χ2n) is 12.3. The van der Waals surface area contributed by atoms with Crippen LogP contribution in [-0.4, -0.2) is 34.6 Å². The van der Waals surface area contributed by atoms with Crippen molar-refractivity contribution < 1.29 is 19.0 Å². The normalized spacial score (nSPS) is 11.2. The van der Waals surface area contributed by atoms with Crippen LogP contribution in [0.15, 0.2) is 94.2 Å². The highest BCUT2D eigenvalue weighted by molar-refractivity contribution is 9.10. The fourth-order valence-corrected chi connectivity index (χ4v) is 5.58. The smallest absolute Gasteiger partial charge is 0.320 e. The SMILES string of the molecule is COc1ccc(Cn2c(C)cc(OCc3ccccc3CNC(=O)Nc3cc(C(C)(C)C)nn3-c3ccccc3)c(Br)c2=O)c(OC)c1. The third kappa shape index (κ3) is 7.91. The number of para-hydroxylation sites is 1. The molecule has 2 aromatic heterocycles. The molecule has 0 fully saturated rings. The van der Waals surface area contributed by atoms with Crippen LogP contribution in [-0.2, 0) is 25.1 Å². The molecule has 2 amide bonds. The molecular formula is C37H40BrN5O5. The predicted molar refractivity (Wildman–Crippen MR) is 191 cm³/mol. The standard InChI is InChI=1S/C37H40BrN5O5/c1-24-18-31(34(38)35(44)42(24)22-26-16-17-29(46-5)19-30(26)47-6)48-23-27-13-11-10-12-25(27)21-39-36(45)40-33-20-32(37(2,3)4)41-43(33)28-14-8-7-9-15-28/h7-20H,21-23H2,1-6H3,(H2,39,40,45). The van der Waals surface area contributed by atoms with Crippen LogP contribution in [0.2, 0.25) is 0 Å². The number of amides is 2. The Bertz CT molecular complexity index is 1960. The van der Waals surface area contributed by atoms with Gasteiger partial charge in [0, 0.05) is 41.4 Å². The van der Waals surface area contributed by atoms with E-state index in [1.807, 2.05) is 85.8 Å². The molecule has 0 aliphatic heterocycles. The molecule has 0 radical (unpaired) electrons. The molecular weight excluding hydrogens is 674 g/mol. The Labute approximate surface area is 288 Å². The van der Waals surface area contributed by atoms with Crippen molar-refractivity contribution in [3.05, 3.63) is 128 Å². The van der Waals surface area contributed by atoms with Gasteiger partial charge in [0.25, 0.3) is 5.56 Å². The number of pyridine rings is 1. The lowest BCUT2D eigenvalue weighted by Crippen LogP contribution is -2.29. The lowest BCUT2D eigenvalue weighted by molar-refractivity contribution is 0.251. The summed E-state index contributed by atoms with van der Waals surface area (Å²) in [6.07, 6.45) is 0. The Kier molecular flexibility index (Phi) is 10.6. The molecule has 11 heteroatoms. The van der Waals surface area contributed by atoms with E-state index in [1.165, 1.54) is 0 Å². The summed E-state index contributed by atoms with van der Waals surface area (Å²) in [5.41, 5.74) is 4.61. The minimum atomic E-state index is -0.362. The van der Waals surface area contributed by atoms with Crippen LogP contribution in [0, 0.1) is 6.92 Å². The molecule has 48 heavy (non-hydrogen) atoms. The summed E-state index contributed by atoms with van der Waals surface area (Å²) >= 11 is 3.46. The average Bonchev–Trinajstić information content (AvgIpc) is 3.52. The van der Waals surface area contributed by atoms with Crippen molar-refractivity contribution in [1.82, 2.24) is 19.7 Å². The van der Waals surface area contributed by atoms with Gasteiger partial charge in [-0.3, -0.25) is 10.1 Å². The lowest BCUT2D eigenvalue weighted by Gasteiger charge is -2.17. The van der Waals surface area contributed by atoms with E-state index in [4.69, 9.17) is 19.3 Å². The summed E-state index contributed by atoms with van der Waals surface area (Å²) in [5, 5.41) is 10.7. The molecule has 0 bridgehead atoms. The van der Waals surface area contributed by atoms with E-state index >= 15 is 0 Å². The van der Waals surface area contributed by atoms with Gasteiger partial charge in [0.2, 0.25) is 0 Å². The van der Waals surface area contributed by atoms with Crippen LogP contribution >= 0.6 is 15.9 Å². The largest absolute Gasteiger partial charge is 0.497 e. The number of aromatic nitrogens is 3. The molecule has 0 spiro atoms. The second-order valence-corrected chi connectivity index (χ2v) is 13.1. The monoisotopic (exact) mass is 713 g/mol. The van der Waals surface area contributed by atoms with E-state index in [2.05, 4.69) is 47.3 Å². The van der Waals surface area contributed by atoms with Gasteiger partial charge in [-0.1, -0.05) is 63.2 Å². The number of nitrogens with zero attached hydrogens (tertiary/aromatic N) is 3. The Morgan fingerprint density at radius 2 is 1.58 bits per heavy atom. The number of urea groups is 1. The topological polar surface area (TPSA) is 109 Å². The van der Waals surface area contributed by atoms with Gasteiger partial charge < -0.3 is 24.1 Å². The van der Waals surface area contributed by atoms with E-state index in [1.54, 1.807) is 29.5 Å². The Hall–Kier alpha value is -5.03. The number of anilines is 1. The zero-order chi connectivity index (χ0) is 34.4. The van der Waals surface area contributed by atoms with Crippen LogP contribution in [0.3, 0.4) is 0 Å². The highest BCUT2D eigenvalue weighted by Crippen LogP contribution is 2.29. The van der Waals surface area contributed by atoms with Crippen LogP contribution in [0.5, 0.6) is 17.2 Å². The molecule has 0 saturated carbocycles. The van der Waals surface area contributed by atoms with E-state index < -0.39 is 0 Å². The molecule has 0 aliphatic rings. The number of carbonyl (C=O) groups excluding carboxylic acids is 1. The number of ether oxygens (including phenoxy) is 3. The average molecular weight is 715 g/mol. The molecule has 2 N–H and O–H groups in total. The predicted octanol–water partition coefficient (Wildman–Crippen LogP) is 7.37. The highest BCUT2D eigenvalue weighted by atomic mass is 79.9. The van der Waals surface area contributed by atoms with Crippen molar-refractivity contribution in [3.63, 3.8) is 0 Å². The van der Waals surface area contributed by atoms with E-state index in [-0.39, 0.29) is 30.2 Å². The van der Waals surface area contributed by atoms with Crippen LogP contribution < -0.4 is 30.4 Å². The number of aryl methyl sites for hydroxylation is 1. The summed E-state index contributed by atoms with van der Waals surface area (Å²) in [6, 6.07) is 26.3. The maximum atomic E-state index is 13.4. The van der Waals surface area contributed by atoms with Crippen molar-refractivity contribution in [2.75, 3.05) is 19.5 Å².